The SMILES string of the molecule is CN1CCN(C)CCN(CCCN)CCN(C)CC1. The average Bonchev–Trinajstić information content (AvgIpc) is 2.40. The van der Waals surface area contributed by atoms with E-state index in [0.29, 0.717) is 0 Å². The van der Waals surface area contributed by atoms with Crippen molar-refractivity contribution in [1.29, 1.82) is 0 Å². The lowest BCUT2D eigenvalue weighted by Crippen LogP contribution is -2.43. The molecule has 5 nitrogen and oxygen atoms in total. The molecule has 0 unspecified atom stereocenters. The molecule has 19 heavy (non-hydrogen) atoms. The van der Waals surface area contributed by atoms with Crippen molar-refractivity contribution in [2.24, 2.45) is 5.73 Å². The Morgan fingerprint density at radius 2 is 1.05 bits per heavy atom. The Morgan fingerprint density at radius 3 is 1.42 bits per heavy atom. The van der Waals surface area contributed by atoms with E-state index in [2.05, 4.69) is 40.7 Å². The maximum atomic E-state index is 5.63. The molecule has 2 N–H and O–H groups in total. The van der Waals surface area contributed by atoms with Crippen LogP contribution in [0.2, 0.25) is 0 Å². The van der Waals surface area contributed by atoms with Gasteiger partial charge in [0.1, 0.15) is 0 Å². The molecule has 0 aliphatic carbocycles. The van der Waals surface area contributed by atoms with Gasteiger partial charge >= 0.3 is 0 Å². The highest BCUT2D eigenvalue weighted by Crippen LogP contribution is 1.97. The van der Waals surface area contributed by atoms with E-state index in [-0.39, 0.29) is 0 Å². The summed E-state index contributed by atoms with van der Waals surface area (Å²) in [6.07, 6.45) is 1.11. The van der Waals surface area contributed by atoms with Gasteiger partial charge in [-0.2, -0.15) is 0 Å². The summed E-state index contributed by atoms with van der Waals surface area (Å²) in [5.41, 5.74) is 5.63. The molecule has 0 spiro atoms. The van der Waals surface area contributed by atoms with Crippen LogP contribution in [-0.4, -0.2) is 106 Å². The lowest BCUT2D eigenvalue weighted by Gasteiger charge is -2.30. The van der Waals surface area contributed by atoms with Crippen molar-refractivity contribution in [2.75, 3.05) is 86.6 Å². The van der Waals surface area contributed by atoms with Gasteiger partial charge in [0.2, 0.25) is 0 Å². The first kappa shape index (κ1) is 16.9. The lowest BCUT2D eigenvalue weighted by atomic mass is 10.3. The monoisotopic (exact) mass is 271 g/mol. The minimum Gasteiger partial charge on any atom is -0.330 e. The zero-order chi connectivity index (χ0) is 14.1. The summed E-state index contributed by atoms with van der Waals surface area (Å²) in [6.45, 7) is 11.2. The van der Waals surface area contributed by atoms with Gasteiger partial charge in [-0.05, 0) is 40.7 Å². The molecule has 1 aliphatic heterocycles. The largest absolute Gasteiger partial charge is 0.330 e. The van der Waals surface area contributed by atoms with E-state index < -0.39 is 0 Å². The predicted octanol–water partition coefficient (Wildman–Crippen LogP) is -0.554. The molecule has 0 amide bonds. The summed E-state index contributed by atoms with van der Waals surface area (Å²) in [4.78, 5) is 9.88. The molecule has 0 saturated carbocycles. The Kier molecular flexibility index (Phi) is 8.57. The summed E-state index contributed by atoms with van der Waals surface area (Å²) >= 11 is 0. The first-order valence-corrected chi connectivity index (χ1v) is 7.60. The van der Waals surface area contributed by atoms with E-state index in [1.807, 2.05) is 0 Å². The molecule has 0 aromatic carbocycles. The molecule has 0 aromatic rings. The van der Waals surface area contributed by atoms with Crippen molar-refractivity contribution in [1.82, 2.24) is 19.6 Å². The minimum atomic E-state index is 0.799. The van der Waals surface area contributed by atoms with Crippen LogP contribution in [0, 0.1) is 0 Å². The molecule has 0 radical (unpaired) electrons. The van der Waals surface area contributed by atoms with Crippen molar-refractivity contribution in [3.8, 4) is 0 Å². The second-order valence-electron chi connectivity index (χ2n) is 5.89. The Labute approximate surface area is 119 Å². The Balaban J connectivity index is 2.45. The second kappa shape index (κ2) is 9.66. The van der Waals surface area contributed by atoms with E-state index in [1.54, 1.807) is 0 Å². The fourth-order valence-corrected chi connectivity index (χ4v) is 2.29. The van der Waals surface area contributed by atoms with Gasteiger partial charge in [0.25, 0.3) is 0 Å². The Bertz CT molecular complexity index is 206. The summed E-state index contributed by atoms with van der Waals surface area (Å²) in [7, 11) is 6.68. The summed E-state index contributed by atoms with van der Waals surface area (Å²) in [5, 5.41) is 0. The summed E-state index contributed by atoms with van der Waals surface area (Å²) < 4.78 is 0. The van der Waals surface area contributed by atoms with Crippen LogP contribution >= 0.6 is 0 Å². The van der Waals surface area contributed by atoms with Crippen LogP contribution in [0.1, 0.15) is 6.42 Å². The molecule has 114 valence electrons. The van der Waals surface area contributed by atoms with Crippen LogP contribution in [0.4, 0.5) is 0 Å². The van der Waals surface area contributed by atoms with E-state index >= 15 is 0 Å². The van der Waals surface area contributed by atoms with Crippen LogP contribution in [0.15, 0.2) is 0 Å². The van der Waals surface area contributed by atoms with Crippen LogP contribution in [0.3, 0.4) is 0 Å². The Hall–Kier alpha value is -0.200. The third-order valence-electron chi connectivity index (χ3n) is 4.00. The number of hydrogen-bond donors (Lipinski definition) is 1. The smallest absolute Gasteiger partial charge is 0.0110 e. The van der Waals surface area contributed by atoms with Gasteiger partial charge in [-0.3, -0.25) is 0 Å². The zero-order valence-electron chi connectivity index (χ0n) is 13.1. The fraction of sp³-hybridized carbons (Fsp3) is 1.00. The highest BCUT2D eigenvalue weighted by molar-refractivity contribution is 4.67. The molecule has 1 rings (SSSR count). The molecule has 1 heterocycles. The van der Waals surface area contributed by atoms with Crippen LogP contribution < -0.4 is 5.73 Å². The molecule has 0 bridgehead atoms. The van der Waals surface area contributed by atoms with E-state index in [4.69, 9.17) is 5.73 Å². The van der Waals surface area contributed by atoms with Gasteiger partial charge in [0, 0.05) is 52.4 Å². The van der Waals surface area contributed by atoms with E-state index in [1.165, 1.54) is 0 Å². The van der Waals surface area contributed by atoms with E-state index in [9.17, 15) is 0 Å². The molecule has 1 fully saturated rings. The standard InChI is InChI=1S/C14H33N5/c1-16-7-9-17(2)11-13-19(6-4-5-15)14-12-18(3)10-8-16/h4-15H2,1-3H3. The predicted molar refractivity (Wildman–Crippen MR) is 82.6 cm³/mol. The topological polar surface area (TPSA) is 39.0 Å². The van der Waals surface area contributed by atoms with Gasteiger partial charge in [0.15, 0.2) is 0 Å². The average molecular weight is 271 g/mol. The zero-order valence-corrected chi connectivity index (χ0v) is 13.1. The molecule has 5 heteroatoms. The van der Waals surface area contributed by atoms with Crippen LogP contribution in [-0.2, 0) is 0 Å². The maximum Gasteiger partial charge on any atom is 0.0110 e. The van der Waals surface area contributed by atoms with Gasteiger partial charge in [-0.15, -0.1) is 0 Å². The van der Waals surface area contributed by atoms with E-state index in [0.717, 1.165) is 71.9 Å². The third kappa shape index (κ3) is 7.84. The Morgan fingerprint density at radius 1 is 0.684 bits per heavy atom. The van der Waals surface area contributed by atoms with Crippen LogP contribution in [0.5, 0.6) is 0 Å². The van der Waals surface area contributed by atoms with Gasteiger partial charge in [0.05, 0.1) is 0 Å². The minimum absolute atomic E-state index is 0.799. The molecular weight excluding hydrogens is 238 g/mol. The number of likely N-dealkylation sites (N-methyl/N-ethyl adjacent to an activating group) is 3. The van der Waals surface area contributed by atoms with Crippen molar-refractivity contribution < 1.29 is 0 Å². The first-order valence-electron chi connectivity index (χ1n) is 7.60. The molecule has 1 aliphatic rings. The third-order valence-corrected chi connectivity index (χ3v) is 4.00. The highest BCUT2D eigenvalue weighted by atomic mass is 15.2. The van der Waals surface area contributed by atoms with Crippen molar-refractivity contribution in [3.05, 3.63) is 0 Å². The quantitative estimate of drug-likeness (QED) is 0.745. The number of nitrogens with zero attached hydrogens (tertiary/aromatic N) is 4. The fourth-order valence-electron chi connectivity index (χ4n) is 2.29. The normalized spacial score (nSPS) is 24.0. The molecule has 0 aromatic heterocycles. The lowest BCUT2D eigenvalue weighted by molar-refractivity contribution is 0.165. The first-order chi connectivity index (χ1) is 9.11. The van der Waals surface area contributed by atoms with Crippen LogP contribution in [0.25, 0.3) is 0 Å². The summed E-state index contributed by atoms with van der Waals surface area (Å²) in [5.74, 6) is 0. The van der Waals surface area contributed by atoms with Crippen molar-refractivity contribution >= 4 is 0 Å². The van der Waals surface area contributed by atoms with Gasteiger partial charge < -0.3 is 25.3 Å². The number of hydrogen-bond acceptors (Lipinski definition) is 5. The highest BCUT2D eigenvalue weighted by Gasteiger charge is 2.11. The number of nitrogens with two attached hydrogens (primary N) is 1. The number of rotatable bonds is 3. The van der Waals surface area contributed by atoms with Gasteiger partial charge in [-0.25, -0.2) is 0 Å². The van der Waals surface area contributed by atoms with Gasteiger partial charge in [-0.1, -0.05) is 0 Å². The van der Waals surface area contributed by atoms with Crippen molar-refractivity contribution in [3.63, 3.8) is 0 Å². The molecule has 0 atom stereocenters. The maximum absolute atomic E-state index is 5.63. The second-order valence-corrected chi connectivity index (χ2v) is 5.89. The summed E-state index contributed by atoms with van der Waals surface area (Å²) in [6, 6.07) is 0. The molecular formula is C14H33N5. The van der Waals surface area contributed by atoms with Crippen molar-refractivity contribution in [2.45, 2.75) is 6.42 Å². The molecule has 1 saturated heterocycles.